The van der Waals surface area contributed by atoms with Gasteiger partial charge in [-0.2, -0.15) is 0 Å². The Balaban J connectivity index is 2.44. The Morgan fingerprint density at radius 3 is 2.71 bits per heavy atom. The lowest BCUT2D eigenvalue weighted by atomic mass is 10.2. The van der Waals surface area contributed by atoms with E-state index in [1.54, 1.807) is 6.07 Å². The van der Waals surface area contributed by atoms with Crippen molar-refractivity contribution < 1.29 is 4.39 Å². The van der Waals surface area contributed by atoms with Crippen LogP contribution >= 0.6 is 11.6 Å². The predicted molar refractivity (Wildman–Crippen MR) is 61.8 cm³/mol. The third kappa shape index (κ3) is 2.62. The van der Waals surface area contributed by atoms with E-state index >= 15 is 0 Å². The van der Waals surface area contributed by atoms with Gasteiger partial charge in [-0.15, -0.1) is 0 Å². The SMILES string of the molecule is O=c1cc(Cl)[nH]c(=O)n1Cc1cccc(F)c1. The number of rotatable bonds is 2. The summed E-state index contributed by atoms with van der Waals surface area (Å²) in [5, 5.41) is -0.0181. The minimum atomic E-state index is -0.619. The normalized spacial score (nSPS) is 10.5. The number of aromatic amines is 1. The van der Waals surface area contributed by atoms with Crippen molar-refractivity contribution in [2.24, 2.45) is 0 Å². The van der Waals surface area contributed by atoms with Crippen LogP contribution in [0.15, 0.2) is 39.9 Å². The second-order valence-corrected chi connectivity index (χ2v) is 3.88. The highest BCUT2D eigenvalue weighted by molar-refractivity contribution is 6.29. The molecule has 0 saturated carbocycles. The first-order valence-corrected chi connectivity index (χ1v) is 5.18. The highest BCUT2D eigenvalue weighted by atomic mass is 35.5. The van der Waals surface area contributed by atoms with Crippen LogP contribution < -0.4 is 11.2 Å². The molecule has 0 aliphatic rings. The van der Waals surface area contributed by atoms with Gasteiger partial charge in [0.25, 0.3) is 5.56 Å². The molecule has 1 aromatic heterocycles. The summed E-state index contributed by atoms with van der Waals surface area (Å²) in [6.07, 6.45) is 0. The predicted octanol–water partition coefficient (Wildman–Crippen LogP) is 1.38. The number of benzene rings is 1. The molecule has 1 aromatic carbocycles. The largest absolute Gasteiger partial charge is 0.329 e. The molecule has 1 N–H and O–H groups in total. The summed E-state index contributed by atoms with van der Waals surface area (Å²) in [5.41, 5.74) is -0.616. The third-order valence-corrected chi connectivity index (χ3v) is 2.42. The Morgan fingerprint density at radius 2 is 2.06 bits per heavy atom. The molecule has 0 bridgehead atoms. The van der Waals surface area contributed by atoms with Gasteiger partial charge in [-0.3, -0.25) is 14.3 Å². The van der Waals surface area contributed by atoms with Gasteiger partial charge in [-0.25, -0.2) is 9.18 Å². The zero-order chi connectivity index (χ0) is 12.4. The van der Waals surface area contributed by atoms with Crippen molar-refractivity contribution in [3.8, 4) is 0 Å². The molecule has 0 fully saturated rings. The summed E-state index contributed by atoms with van der Waals surface area (Å²) >= 11 is 5.52. The molecule has 0 spiro atoms. The first-order chi connectivity index (χ1) is 8.06. The molecule has 0 saturated heterocycles. The van der Waals surface area contributed by atoms with E-state index in [0.29, 0.717) is 5.56 Å². The Kier molecular flexibility index (Phi) is 3.10. The van der Waals surface area contributed by atoms with Crippen LogP contribution in [-0.4, -0.2) is 9.55 Å². The number of halogens is 2. The maximum absolute atomic E-state index is 12.9. The fraction of sp³-hybridized carbons (Fsp3) is 0.0909. The van der Waals surface area contributed by atoms with Gasteiger partial charge in [0.05, 0.1) is 6.54 Å². The Hall–Kier alpha value is -1.88. The van der Waals surface area contributed by atoms with Crippen LogP contribution in [-0.2, 0) is 6.54 Å². The smallest absolute Gasteiger partial charge is 0.298 e. The number of hydrogen-bond donors (Lipinski definition) is 1. The minimum Gasteiger partial charge on any atom is -0.298 e. The molecule has 0 unspecified atom stereocenters. The van der Waals surface area contributed by atoms with E-state index in [-0.39, 0.29) is 11.7 Å². The van der Waals surface area contributed by atoms with Gasteiger partial charge < -0.3 is 0 Å². The number of nitrogens with one attached hydrogen (secondary N) is 1. The van der Waals surface area contributed by atoms with Crippen LogP contribution in [0.2, 0.25) is 5.15 Å². The first kappa shape index (κ1) is 11.6. The molecule has 17 heavy (non-hydrogen) atoms. The fourth-order valence-corrected chi connectivity index (χ4v) is 1.63. The lowest BCUT2D eigenvalue weighted by molar-refractivity contribution is 0.620. The van der Waals surface area contributed by atoms with E-state index in [4.69, 9.17) is 11.6 Å². The van der Waals surface area contributed by atoms with Gasteiger partial charge in [0.2, 0.25) is 0 Å². The van der Waals surface area contributed by atoms with Gasteiger partial charge in [-0.05, 0) is 17.7 Å². The van der Waals surface area contributed by atoms with Crippen LogP contribution in [0.25, 0.3) is 0 Å². The van der Waals surface area contributed by atoms with Crippen molar-refractivity contribution in [2.45, 2.75) is 6.54 Å². The zero-order valence-corrected chi connectivity index (χ0v) is 9.37. The van der Waals surface area contributed by atoms with Crippen LogP contribution in [0.4, 0.5) is 4.39 Å². The van der Waals surface area contributed by atoms with E-state index in [1.165, 1.54) is 18.2 Å². The lowest BCUT2D eigenvalue weighted by Gasteiger charge is -2.04. The monoisotopic (exact) mass is 254 g/mol. The van der Waals surface area contributed by atoms with E-state index in [9.17, 15) is 14.0 Å². The molecule has 0 radical (unpaired) electrons. The van der Waals surface area contributed by atoms with Crippen molar-refractivity contribution >= 4 is 11.6 Å². The summed E-state index contributed by atoms with van der Waals surface area (Å²) in [7, 11) is 0. The summed E-state index contributed by atoms with van der Waals surface area (Å²) in [4.78, 5) is 25.3. The molecule has 2 aromatic rings. The molecule has 4 nitrogen and oxygen atoms in total. The summed E-state index contributed by atoms with van der Waals surface area (Å²) in [6, 6.07) is 6.80. The maximum Gasteiger partial charge on any atom is 0.329 e. The average molecular weight is 255 g/mol. The second-order valence-electron chi connectivity index (χ2n) is 3.48. The Labute approximate surface area is 100 Å². The molecule has 0 aliphatic carbocycles. The van der Waals surface area contributed by atoms with Crippen molar-refractivity contribution in [3.05, 3.63) is 67.7 Å². The Bertz CT molecular complexity index is 632. The second kappa shape index (κ2) is 4.55. The van der Waals surface area contributed by atoms with Crippen molar-refractivity contribution in [1.82, 2.24) is 9.55 Å². The maximum atomic E-state index is 12.9. The fourth-order valence-electron chi connectivity index (χ4n) is 1.46. The van der Waals surface area contributed by atoms with Crippen LogP contribution in [0.3, 0.4) is 0 Å². The molecular formula is C11H8ClFN2O2. The minimum absolute atomic E-state index is 0.00307. The topological polar surface area (TPSA) is 54.9 Å². The first-order valence-electron chi connectivity index (χ1n) is 4.80. The number of nitrogens with zero attached hydrogens (tertiary/aromatic N) is 1. The van der Waals surface area contributed by atoms with Crippen LogP contribution in [0.1, 0.15) is 5.56 Å². The number of hydrogen-bond acceptors (Lipinski definition) is 2. The van der Waals surface area contributed by atoms with Crippen molar-refractivity contribution in [2.75, 3.05) is 0 Å². The summed E-state index contributed by atoms with van der Waals surface area (Å²) < 4.78 is 13.9. The lowest BCUT2D eigenvalue weighted by Crippen LogP contribution is -2.34. The molecule has 0 aliphatic heterocycles. The highest BCUT2D eigenvalue weighted by Crippen LogP contribution is 2.04. The van der Waals surface area contributed by atoms with Gasteiger partial charge in [0.1, 0.15) is 11.0 Å². The van der Waals surface area contributed by atoms with Crippen LogP contribution in [0.5, 0.6) is 0 Å². The summed E-state index contributed by atoms with van der Waals surface area (Å²) in [5.74, 6) is -0.416. The van der Waals surface area contributed by atoms with E-state index in [1.807, 2.05) is 0 Å². The molecule has 6 heteroatoms. The van der Waals surface area contributed by atoms with Gasteiger partial charge in [0.15, 0.2) is 0 Å². The van der Waals surface area contributed by atoms with Gasteiger partial charge in [-0.1, -0.05) is 23.7 Å². The van der Waals surface area contributed by atoms with E-state index in [0.717, 1.165) is 10.6 Å². The van der Waals surface area contributed by atoms with Gasteiger partial charge >= 0.3 is 5.69 Å². The number of aromatic nitrogens is 2. The molecular weight excluding hydrogens is 247 g/mol. The number of H-pyrrole nitrogens is 1. The van der Waals surface area contributed by atoms with Crippen LogP contribution in [0, 0.1) is 5.82 Å². The Morgan fingerprint density at radius 1 is 1.29 bits per heavy atom. The van der Waals surface area contributed by atoms with Crippen molar-refractivity contribution in [1.29, 1.82) is 0 Å². The highest BCUT2D eigenvalue weighted by Gasteiger charge is 2.04. The molecule has 88 valence electrons. The zero-order valence-electron chi connectivity index (χ0n) is 8.61. The molecule has 0 atom stereocenters. The summed E-state index contributed by atoms with van der Waals surface area (Å²) in [6.45, 7) is 0.00307. The molecule has 2 rings (SSSR count). The standard InChI is InChI=1S/C11H8ClFN2O2/c12-9-5-10(16)15(11(17)14-9)6-7-2-1-3-8(13)4-7/h1-5H,6H2,(H,14,17). The van der Waals surface area contributed by atoms with E-state index < -0.39 is 17.1 Å². The molecule has 0 amide bonds. The van der Waals surface area contributed by atoms with E-state index in [2.05, 4.69) is 4.98 Å². The quantitative estimate of drug-likeness (QED) is 0.823. The van der Waals surface area contributed by atoms with Gasteiger partial charge in [0, 0.05) is 6.07 Å². The molecule has 1 heterocycles. The average Bonchev–Trinajstić information content (AvgIpc) is 2.23. The third-order valence-electron chi connectivity index (χ3n) is 2.22. The van der Waals surface area contributed by atoms with Crippen molar-refractivity contribution in [3.63, 3.8) is 0 Å².